The number of aryl methyl sites for hydroxylation is 1. The third kappa shape index (κ3) is 3.20. The van der Waals surface area contributed by atoms with Crippen molar-refractivity contribution in [3.8, 4) is 0 Å². The summed E-state index contributed by atoms with van der Waals surface area (Å²) in [6.45, 7) is 4.75. The molecule has 0 spiro atoms. The average molecular weight is 246 g/mol. The second kappa shape index (κ2) is 6.14. The van der Waals surface area contributed by atoms with Crippen LogP contribution in [0.15, 0.2) is 24.3 Å². The lowest BCUT2D eigenvalue weighted by Gasteiger charge is -2.15. The highest BCUT2D eigenvalue weighted by Gasteiger charge is 2.24. The Labute approximate surface area is 109 Å². The number of hydrogen-bond donors (Lipinski definition) is 0. The van der Waals surface area contributed by atoms with Crippen molar-refractivity contribution in [2.24, 2.45) is 5.92 Å². The fraction of sp³-hybridized carbons (Fsp3) is 0.562. The fourth-order valence-corrected chi connectivity index (χ4v) is 2.59. The zero-order valence-corrected chi connectivity index (χ0v) is 11.3. The summed E-state index contributed by atoms with van der Waals surface area (Å²) in [6.07, 6.45) is 4.23. The molecule has 1 aliphatic carbocycles. The van der Waals surface area contributed by atoms with Gasteiger partial charge < -0.3 is 4.74 Å². The van der Waals surface area contributed by atoms with Gasteiger partial charge in [0.1, 0.15) is 0 Å². The largest absolute Gasteiger partial charge is 0.379 e. The number of carbonyl (C=O) groups excluding carboxylic acids is 1. The molecule has 1 aromatic rings. The SMILES string of the molecule is CC(C)OCCC1CCCc2ccccc2C1=O. The Hall–Kier alpha value is -1.15. The molecular formula is C16H22O2. The number of hydrogen-bond acceptors (Lipinski definition) is 2. The summed E-state index contributed by atoms with van der Waals surface area (Å²) in [7, 11) is 0. The van der Waals surface area contributed by atoms with Gasteiger partial charge in [-0.05, 0) is 45.1 Å². The lowest BCUT2D eigenvalue weighted by Crippen LogP contribution is -2.17. The van der Waals surface area contributed by atoms with E-state index in [-0.39, 0.29) is 12.0 Å². The zero-order valence-electron chi connectivity index (χ0n) is 11.3. The van der Waals surface area contributed by atoms with Crippen LogP contribution in [0.5, 0.6) is 0 Å². The number of carbonyl (C=O) groups is 1. The Kier molecular flexibility index (Phi) is 4.54. The van der Waals surface area contributed by atoms with Crippen molar-refractivity contribution in [3.63, 3.8) is 0 Å². The minimum atomic E-state index is 0.146. The van der Waals surface area contributed by atoms with Gasteiger partial charge >= 0.3 is 0 Å². The van der Waals surface area contributed by atoms with Gasteiger partial charge in [0.2, 0.25) is 0 Å². The molecule has 0 fully saturated rings. The molecule has 0 N–H and O–H groups in total. The van der Waals surface area contributed by atoms with Crippen molar-refractivity contribution >= 4 is 5.78 Å². The number of benzene rings is 1. The van der Waals surface area contributed by atoms with Crippen LogP contribution >= 0.6 is 0 Å². The second-order valence-corrected chi connectivity index (χ2v) is 5.32. The van der Waals surface area contributed by atoms with Crippen LogP contribution in [0, 0.1) is 5.92 Å². The van der Waals surface area contributed by atoms with Crippen LogP contribution < -0.4 is 0 Å². The Morgan fingerprint density at radius 1 is 1.33 bits per heavy atom. The predicted molar refractivity (Wildman–Crippen MR) is 72.9 cm³/mol. The third-order valence-electron chi connectivity index (χ3n) is 3.57. The van der Waals surface area contributed by atoms with Crippen LogP contribution in [0.2, 0.25) is 0 Å². The van der Waals surface area contributed by atoms with Gasteiger partial charge in [-0.3, -0.25) is 4.79 Å². The molecule has 0 aromatic heterocycles. The van der Waals surface area contributed by atoms with E-state index in [0.717, 1.165) is 31.2 Å². The van der Waals surface area contributed by atoms with E-state index in [1.807, 2.05) is 32.0 Å². The highest BCUT2D eigenvalue weighted by Crippen LogP contribution is 2.26. The van der Waals surface area contributed by atoms with E-state index in [0.29, 0.717) is 12.4 Å². The predicted octanol–water partition coefficient (Wildman–Crippen LogP) is 3.64. The molecule has 98 valence electrons. The quantitative estimate of drug-likeness (QED) is 0.758. The average Bonchev–Trinajstić information content (AvgIpc) is 2.50. The molecule has 0 radical (unpaired) electrons. The minimum Gasteiger partial charge on any atom is -0.379 e. The van der Waals surface area contributed by atoms with Gasteiger partial charge in [-0.25, -0.2) is 0 Å². The summed E-state index contributed by atoms with van der Waals surface area (Å²) in [6, 6.07) is 8.04. The van der Waals surface area contributed by atoms with Crippen LogP contribution in [-0.4, -0.2) is 18.5 Å². The maximum Gasteiger partial charge on any atom is 0.166 e. The van der Waals surface area contributed by atoms with Crippen LogP contribution in [-0.2, 0) is 11.2 Å². The molecule has 1 aliphatic rings. The summed E-state index contributed by atoms with van der Waals surface area (Å²) in [4.78, 5) is 12.5. The smallest absolute Gasteiger partial charge is 0.166 e. The lowest BCUT2D eigenvalue weighted by molar-refractivity contribution is 0.0617. The third-order valence-corrected chi connectivity index (χ3v) is 3.57. The molecule has 0 aliphatic heterocycles. The highest BCUT2D eigenvalue weighted by atomic mass is 16.5. The van der Waals surface area contributed by atoms with E-state index < -0.39 is 0 Å². The Bertz CT molecular complexity index is 409. The standard InChI is InChI=1S/C16H22O2/c1-12(2)18-11-10-14-8-5-7-13-6-3-4-9-15(13)16(14)17/h3-4,6,9,12,14H,5,7-8,10-11H2,1-2H3. The van der Waals surface area contributed by atoms with Crippen molar-refractivity contribution in [2.75, 3.05) is 6.61 Å². The van der Waals surface area contributed by atoms with E-state index in [1.165, 1.54) is 5.56 Å². The number of ether oxygens (including phenoxy) is 1. The Balaban J connectivity index is 2.03. The van der Waals surface area contributed by atoms with Gasteiger partial charge in [-0.15, -0.1) is 0 Å². The van der Waals surface area contributed by atoms with Crippen LogP contribution in [0.1, 0.15) is 49.0 Å². The summed E-state index contributed by atoms with van der Waals surface area (Å²) < 4.78 is 5.57. The lowest BCUT2D eigenvalue weighted by atomic mass is 9.93. The molecule has 0 saturated heterocycles. The number of rotatable bonds is 4. The van der Waals surface area contributed by atoms with Crippen LogP contribution in [0.3, 0.4) is 0 Å². The normalized spacial score (nSPS) is 19.7. The van der Waals surface area contributed by atoms with Gasteiger partial charge in [0.15, 0.2) is 5.78 Å². The summed E-state index contributed by atoms with van der Waals surface area (Å²) in [5.74, 6) is 0.461. The highest BCUT2D eigenvalue weighted by molar-refractivity contribution is 5.99. The Morgan fingerprint density at radius 3 is 2.89 bits per heavy atom. The van der Waals surface area contributed by atoms with Crippen LogP contribution in [0.25, 0.3) is 0 Å². The summed E-state index contributed by atoms with van der Waals surface area (Å²) in [5, 5.41) is 0. The molecule has 0 saturated carbocycles. The first-order valence-electron chi connectivity index (χ1n) is 6.92. The van der Waals surface area contributed by atoms with Crippen molar-refractivity contribution in [1.29, 1.82) is 0 Å². The molecule has 18 heavy (non-hydrogen) atoms. The first kappa shape index (κ1) is 13.3. The maximum absolute atomic E-state index is 12.5. The molecule has 2 nitrogen and oxygen atoms in total. The van der Waals surface area contributed by atoms with Crippen molar-refractivity contribution in [2.45, 2.75) is 45.6 Å². The van der Waals surface area contributed by atoms with Gasteiger partial charge in [0.05, 0.1) is 6.10 Å². The molecule has 0 bridgehead atoms. The monoisotopic (exact) mass is 246 g/mol. The van der Waals surface area contributed by atoms with Crippen molar-refractivity contribution in [3.05, 3.63) is 35.4 Å². The van der Waals surface area contributed by atoms with Crippen molar-refractivity contribution < 1.29 is 9.53 Å². The number of ketones is 1. The van der Waals surface area contributed by atoms with Gasteiger partial charge in [-0.2, -0.15) is 0 Å². The number of Topliss-reactive ketones (excluding diaryl/α,β-unsaturated/α-hetero) is 1. The van der Waals surface area contributed by atoms with Gasteiger partial charge in [-0.1, -0.05) is 24.3 Å². The molecule has 1 atom stereocenters. The summed E-state index contributed by atoms with van der Waals surface area (Å²) in [5.41, 5.74) is 2.15. The minimum absolute atomic E-state index is 0.146. The van der Waals surface area contributed by atoms with E-state index in [1.54, 1.807) is 0 Å². The number of fused-ring (bicyclic) bond motifs is 1. The molecule has 0 amide bonds. The fourth-order valence-electron chi connectivity index (χ4n) is 2.59. The molecule has 2 heteroatoms. The molecule has 2 rings (SSSR count). The van der Waals surface area contributed by atoms with Crippen molar-refractivity contribution in [1.82, 2.24) is 0 Å². The first-order chi connectivity index (χ1) is 8.68. The molecule has 0 heterocycles. The van der Waals surface area contributed by atoms with E-state index in [9.17, 15) is 4.79 Å². The second-order valence-electron chi connectivity index (χ2n) is 5.32. The molecule has 1 unspecified atom stereocenters. The molecular weight excluding hydrogens is 224 g/mol. The summed E-state index contributed by atoms with van der Waals surface area (Å²) >= 11 is 0. The zero-order chi connectivity index (χ0) is 13.0. The molecule has 1 aromatic carbocycles. The topological polar surface area (TPSA) is 26.3 Å². The van der Waals surface area contributed by atoms with E-state index >= 15 is 0 Å². The van der Waals surface area contributed by atoms with E-state index in [4.69, 9.17) is 4.74 Å². The maximum atomic E-state index is 12.5. The van der Waals surface area contributed by atoms with Gasteiger partial charge in [0, 0.05) is 18.1 Å². The van der Waals surface area contributed by atoms with Crippen LogP contribution in [0.4, 0.5) is 0 Å². The van der Waals surface area contributed by atoms with Gasteiger partial charge in [0.25, 0.3) is 0 Å². The van der Waals surface area contributed by atoms with E-state index in [2.05, 4.69) is 6.07 Å². The first-order valence-corrected chi connectivity index (χ1v) is 6.92. The Morgan fingerprint density at radius 2 is 2.11 bits per heavy atom.